The number of hydrogen-bond donors (Lipinski definition) is 3. The summed E-state index contributed by atoms with van der Waals surface area (Å²) < 4.78 is 13.6. The van der Waals surface area contributed by atoms with Crippen molar-refractivity contribution in [2.24, 2.45) is 5.92 Å². The SMILES string of the molecule is CC(C)C[C@H](NC(=O)CNC(=O)Cc1c(F)cccc1Cl)C(=O)O. The Morgan fingerprint density at radius 1 is 1.25 bits per heavy atom. The first-order chi connectivity index (χ1) is 11.2. The van der Waals surface area contributed by atoms with Crippen molar-refractivity contribution in [2.75, 3.05) is 6.54 Å². The summed E-state index contributed by atoms with van der Waals surface area (Å²) in [7, 11) is 0. The van der Waals surface area contributed by atoms with Gasteiger partial charge in [0, 0.05) is 10.6 Å². The minimum absolute atomic E-state index is 0.0419. The Kier molecular flexibility index (Phi) is 7.64. The lowest BCUT2D eigenvalue weighted by atomic mass is 10.0. The fraction of sp³-hybridized carbons (Fsp3) is 0.438. The number of carbonyl (C=O) groups is 3. The molecule has 3 N–H and O–H groups in total. The van der Waals surface area contributed by atoms with Crippen LogP contribution in [0.1, 0.15) is 25.8 Å². The standard InChI is InChI=1S/C16H20ClFN2O4/c1-9(2)6-13(16(23)24)20-15(22)8-19-14(21)7-10-11(17)4-3-5-12(10)18/h3-5,9,13H,6-8H2,1-2H3,(H,19,21)(H,20,22)(H,23,24)/t13-/m0/s1. The van der Waals surface area contributed by atoms with Crippen LogP contribution in [0.2, 0.25) is 5.02 Å². The third kappa shape index (κ3) is 6.54. The molecule has 0 saturated carbocycles. The maximum absolute atomic E-state index is 13.6. The number of nitrogens with one attached hydrogen (secondary N) is 2. The summed E-state index contributed by atoms with van der Waals surface area (Å²) >= 11 is 5.82. The Balaban J connectivity index is 2.51. The molecule has 2 amide bonds. The van der Waals surface area contributed by atoms with E-state index in [-0.39, 0.29) is 29.3 Å². The number of carboxylic acids is 1. The Hall–Kier alpha value is -2.15. The van der Waals surface area contributed by atoms with Gasteiger partial charge in [-0.05, 0) is 24.5 Å². The van der Waals surface area contributed by atoms with Gasteiger partial charge in [-0.3, -0.25) is 9.59 Å². The average molecular weight is 359 g/mol. The zero-order chi connectivity index (χ0) is 18.3. The molecule has 0 heterocycles. The number of benzene rings is 1. The van der Waals surface area contributed by atoms with E-state index in [2.05, 4.69) is 10.6 Å². The van der Waals surface area contributed by atoms with Crippen LogP contribution in [0.4, 0.5) is 4.39 Å². The topological polar surface area (TPSA) is 95.5 Å². The predicted molar refractivity (Wildman–Crippen MR) is 87.1 cm³/mol. The second kappa shape index (κ2) is 9.22. The molecule has 1 aromatic rings. The van der Waals surface area contributed by atoms with Crippen LogP contribution in [0.15, 0.2) is 18.2 Å². The lowest BCUT2D eigenvalue weighted by Crippen LogP contribution is -2.46. The molecular formula is C16H20ClFN2O4. The van der Waals surface area contributed by atoms with E-state index in [1.807, 2.05) is 13.8 Å². The van der Waals surface area contributed by atoms with Gasteiger partial charge in [0.2, 0.25) is 11.8 Å². The molecule has 0 spiro atoms. The van der Waals surface area contributed by atoms with Gasteiger partial charge in [0.15, 0.2) is 0 Å². The van der Waals surface area contributed by atoms with E-state index in [0.717, 1.165) is 0 Å². The molecule has 0 bridgehead atoms. The zero-order valence-electron chi connectivity index (χ0n) is 13.4. The van der Waals surface area contributed by atoms with E-state index in [1.54, 1.807) is 0 Å². The lowest BCUT2D eigenvalue weighted by molar-refractivity contribution is -0.142. The third-order valence-electron chi connectivity index (χ3n) is 3.19. The second-order valence-corrected chi connectivity index (χ2v) is 6.15. The van der Waals surface area contributed by atoms with E-state index < -0.39 is 36.2 Å². The van der Waals surface area contributed by atoms with Crippen molar-refractivity contribution in [3.63, 3.8) is 0 Å². The Morgan fingerprint density at radius 2 is 1.92 bits per heavy atom. The fourth-order valence-electron chi connectivity index (χ4n) is 2.04. The molecule has 1 atom stereocenters. The van der Waals surface area contributed by atoms with Gasteiger partial charge in [-0.2, -0.15) is 0 Å². The van der Waals surface area contributed by atoms with Crippen LogP contribution < -0.4 is 10.6 Å². The van der Waals surface area contributed by atoms with Gasteiger partial charge in [-0.15, -0.1) is 0 Å². The third-order valence-corrected chi connectivity index (χ3v) is 3.54. The monoisotopic (exact) mass is 358 g/mol. The van der Waals surface area contributed by atoms with Gasteiger partial charge in [-0.1, -0.05) is 31.5 Å². The summed E-state index contributed by atoms with van der Waals surface area (Å²) in [5.41, 5.74) is 0.0419. The molecule has 0 aliphatic carbocycles. The molecule has 0 radical (unpaired) electrons. The van der Waals surface area contributed by atoms with Gasteiger partial charge >= 0.3 is 5.97 Å². The van der Waals surface area contributed by atoms with E-state index in [0.29, 0.717) is 0 Å². The van der Waals surface area contributed by atoms with Crippen LogP contribution in [0.5, 0.6) is 0 Å². The maximum Gasteiger partial charge on any atom is 0.326 e. The van der Waals surface area contributed by atoms with E-state index in [1.165, 1.54) is 18.2 Å². The second-order valence-electron chi connectivity index (χ2n) is 5.74. The Morgan fingerprint density at radius 3 is 2.46 bits per heavy atom. The average Bonchev–Trinajstić information content (AvgIpc) is 2.48. The highest BCUT2D eigenvalue weighted by Gasteiger charge is 2.21. The highest BCUT2D eigenvalue weighted by atomic mass is 35.5. The van der Waals surface area contributed by atoms with Crippen LogP contribution in [0.3, 0.4) is 0 Å². The van der Waals surface area contributed by atoms with Crippen LogP contribution in [0, 0.1) is 11.7 Å². The van der Waals surface area contributed by atoms with Crippen molar-refractivity contribution >= 4 is 29.4 Å². The van der Waals surface area contributed by atoms with Crippen molar-refractivity contribution in [3.05, 3.63) is 34.6 Å². The number of aliphatic carboxylic acids is 1. The summed E-state index contributed by atoms with van der Waals surface area (Å²) in [6.45, 7) is 3.27. The summed E-state index contributed by atoms with van der Waals surface area (Å²) in [4.78, 5) is 34.6. The molecule has 0 aromatic heterocycles. The molecule has 0 unspecified atom stereocenters. The van der Waals surface area contributed by atoms with Crippen molar-refractivity contribution in [3.8, 4) is 0 Å². The van der Waals surface area contributed by atoms with Crippen LogP contribution >= 0.6 is 11.6 Å². The van der Waals surface area contributed by atoms with E-state index >= 15 is 0 Å². The number of rotatable bonds is 8. The molecule has 132 valence electrons. The number of carboxylic acid groups (broad SMARTS) is 1. The normalized spacial score (nSPS) is 11.9. The molecule has 6 nitrogen and oxygen atoms in total. The minimum atomic E-state index is -1.14. The number of hydrogen-bond acceptors (Lipinski definition) is 3. The zero-order valence-corrected chi connectivity index (χ0v) is 14.2. The van der Waals surface area contributed by atoms with Crippen molar-refractivity contribution in [1.82, 2.24) is 10.6 Å². The van der Waals surface area contributed by atoms with Gasteiger partial charge in [0.05, 0.1) is 13.0 Å². The van der Waals surface area contributed by atoms with Gasteiger partial charge in [0.25, 0.3) is 0 Å². The predicted octanol–water partition coefficient (Wildman–Crippen LogP) is 1.75. The quantitative estimate of drug-likeness (QED) is 0.659. The Bertz CT molecular complexity index is 602. The molecule has 0 fully saturated rings. The molecule has 24 heavy (non-hydrogen) atoms. The van der Waals surface area contributed by atoms with E-state index in [9.17, 15) is 18.8 Å². The summed E-state index contributed by atoms with van der Waals surface area (Å²) in [5.74, 6) is -2.88. The van der Waals surface area contributed by atoms with Gasteiger partial charge < -0.3 is 15.7 Å². The first-order valence-electron chi connectivity index (χ1n) is 7.42. The molecule has 1 aromatic carbocycles. The summed E-state index contributed by atoms with van der Waals surface area (Å²) in [5, 5.41) is 13.8. The summed E-state index contributed by atoms with van der Waals surface area (Å²) in [6.07, 6.45) is -0.0347. The molecule has 1 rings (SSSR count). The number of carbonyl (C=O) groups excluding carboxylic acids is 2. The maximum atomic E-state index is 13.6. The largest absolute Gasteiger partial charge is 0.480 e. The fourth-order valence-corrected chi connectivity index (χ4v) is 2.27. The van der Waals surface area contributed by atoms with Crippen molar-refractivity contribution in [2.45, 2.75) is 32.7 Å². The Labute approximate surface area is 144 Å². The molecular weight excluding hydrogens is 339 g/mol. The highest BCUT2D eigenvalue weighted by molar-refractivity contribution is 6.31. The first kappa shape index (κ1) is 19.9. The molecule has 8 heteroatoms. The van der Waals surface area contributed by atoms with Crippen LogP contribution in [0.25, 0.3) is 0 Å². The molecule has 0 saturated heterocycles. The van der Waals surface area contributed by atoms with Gasteiger partial charge in [-0.25, -0.2) is 9.18 Å². The highest BCUT2D eigenvalue weighted by Crippen LogP contribution is 2.19. The first-order valence-corrected chi connectivity index (χ1v) is 7.80. The number of amides is 2. The smallest absolute Gasteiger partial charge is 0.326 e. The van der Waals surface area contributed by atoms with E-state index in [4.69, 9.17) is 16.7 Å². The summed E-state index contributed by atoms with van der Waals surface area (Å²) in [6, 6.07) is 3.05. The molecule has 0 aliphatic heterocycles. The molecule has 0 aliphatic rings. The van der Waals surface area contributed by atoms with Crippen molar-refractivity contribution in [1.29, 1.82) is 0 Å². The van der Waals surface area contributed by atoms with Crippen molar-refractivity contribution < 1.29 is 23.9 Å². The number of halogens is 2. The van der Waals surface area contributed by atoms with Crippen LogP contribution in [-0.4, -0.2) is 35.5 Å². The lowest BCUT2D eigenvalue weighted by Gasteiger charge is -2.16. The minimum Gasteiger partial charge on any atom is -0.480 e. The van der Waals surface area contributed by atoms with Gasteiger partial charge in [0.1, 0.15) is 11.9 Å². The van der Waals surface area contributed by atoms with Crippen LogP contribution in [-0.2, 0) is 20.8 Å².